The second-order valence-electron chi connectivity index (χ2n) is 4.47. The molecule has 120 valence electrons. The van der Waals surface area contributed by atoms with E-state index in [0.717, 1.165) is 0 Å². The smallest absolute Gasteiger partial charge is 0.271 e. The van der Waals surface area contributed by atoms with Crippen LogP contribution in [0.4, 0.5) is 0 Å². The van der Waals surface area contributed by atoms with Gasteiger partial charge in [-0.2, -0.15) is 5.10 Å². The van der Waals surface area contributed by atoms with E-state index in [4.69, 9.17) is 32.7 Å². The van der Waals surface area contributed by atoms with Crippen LogP contribution < -0.4 is 14.9 Å². The second-order valence-corrected chi connectivity index (χ2v) is 5.29. The lowest BCUT2D eigenvalue weighted by molar-refractivity contribution is 0.0954. The van der Waals surface area contributed by atoms with Gasteiger partial charge in [-0.15, -0.1) is 0 Å². The first kappa shape index (κ1) is 17.1. The summed E-state index contributed by atoms with van der Waals surface area (Å²) in [5.41, 5.74) is 3.51. The van der Waals surface area contributed by atoms with Gasteiger partial charge in [-0.3, -0.25) is 4.79 Å². The maximum atomic E-state index is 12.1. The molecule has 0 spiro atoms. The number of benzene rings is 2. The van der Waals surface area contributed by atoms with Gasteiger partial charge in [0, 0.05) is 11.6 Å². The molecule has 5 nitrogen and oxygen atoms in total. The van der Waals surface area contributed by atoms with E-state index < -0.39 is 5.91 Å². The quantitative estimate of drug-likeness (QED) is 0.658. The summed E-state index contributed by atoms with van der Waals surface area (Å²) in [6.45, 7) is 0. The number of halogens is 2. The summed E-state index contributed by atoms with van der Waals surface area (Å²) in [5.74, 6) is 0.643. The van der Waals surface area contributed by atoms with Crippen molar-refractivity contribution in [3.63, 3.8) is 0 Å². The predicted octanol–water partition coefficient (Wildman–Crippen LogP) is 3.77. The Kier molecular flexibility index (Phi) is 5.84. The van der Waals surface area contributed by atoms with Crippen LogP contribution in [-0.2, 0) is 0 Å². The van der Waals surface area contributed by atoms with Crippen LogP contribution in [0.3, 0.4) is 0 Å². The zero-order valence-corrected chi connectivity index (χ0v) is 14.0. The van der Waals surface area contributed by atoms with E-state index in [9.17, 15) is 4.79 Å². The first-order valence-corrected chi connectivity index (χ1v) is 7.30. The fraction of sp³-hybridized carbons (Fsp3) is 0.125. The Labute approximate surface area is 143 Å². The minimum atomic E-state index is -0.390. The minimum Gasteiger partial charge on any atom is -0.497 e. The van der Waals surface area contributed by atoms with Crippen molar-refractivity contribution in [2.24, 2.45) is 5.10 Å². The average Bonchev–Trinajstić information content (AvgIpc) is 2.57. The van der Waals surface area contributed by atoms with Crippen LogP contribution in [0.5, 0.6) is 11.5 Å². The van der Waals surface area contributed by atoms with Crippen molar-refractivity contribution < 1.29 is 14.3 Å². The third-order valence-corrected chi connectivity index (χ3v) is 3.68. The number of amides is 1. The van der Waals surface area contributed by atoms with Gasteiger partial charge in [0.2, 0.25) is 0 Å². The molecular weight excluding hydrogens is 339 g/mol. The van der Waals surface area contributed by atoms with E-state index in [2.05, 4.69) is 10.5 Å². The van der Waals surface area contributed by atoms with Gasteiger partial charge in [0.1, 0.15) is 11.5 Å². The molecule has 1 amide bonds. The first-order valence-electron chi connectivity index (χ1n) is 6.55. The van der Waals surface area contributed by atoms with Crippen molar-refractivity contribution in [1.29, 1.82) is 0 Å². The van der Waals surface area contributed by atoms with E-state index >= 15 is 0 Å². The van der Waals surface area contributed by atoms with Gasteiger partial charge >= 0.3 is 0 Å². The maximum absolute atomic E-state index is 12.1. The van der Waals surface area contributed by atoms with Crippen LogP contribution in [0.15, 0.2) is 41.5 Å². The molecule has 0 atom stereocenters. The zero-order chi connectivity index (χ0) is 16.8. The van der Waals surface area contributed by atoms with E-state index in [1.807, 2.05) is 0 Å². The van der Waals surface area contributed by atoms with E-state index in [1.165, 1.54) is 20.4 Å². The molecule has 0 aliphatic rings. The van der Waals surface area contributed by atoms with Crippen LogP contribution in [0, 0.1) is 0 Å². The van der Waals surface area contributed by atoms with Gasteiger partial charge in [0.25, 0.3) is 5.91 Å². The summed E-state index contributed by atoms with van der Waals surface area (Å²) in [4.78, 5) is 12.1. The van der Waals surface area contributed by atoms with Gasteiger partial charge in [-0.25, -0.2) is 5.43 Å². The second kappa shape index (κ2) is 7.85. The molecule has 0 unspecified atom stereocenters. The van der Waals surface area contributed by atoms with Crippen molar-refractivity contribution in [3.8, 4) is 11.5 Å². The van der Waals surface area contributed by atoms with E-state index in [1.54, 1.807) is 36.4 Å². The summed E-state index contributed by atoms with van der Waals surface area (Å²) >= 11 is 11.7. The normalized spacial score (nSPS) is 10.6. The molecule has 0 fully saturated rings. The highest BCUT2D eigenvalue weighted by Crippen LogP contribution is 2.23. The number of ether oxygens (including phenoxy) is 2. The Bertz CT molecular complexity index is 726. The number of rotatable bonds is 5. The highest BCUT2D eigenvalue weighted by atomic mass is 35.5. The highest BCUT2D eigenvalue weighted by Gasteiger charge is 2.09. The first-order chi connectivity index (χ1) is 11.0. The molecule has 0 saturated carbocycles. The SMILES string of the molecule is COc1cc(OC)cc(C(=O)N/N=C/c2ccc(Cl)c(Cl)c2)c1. The molecule has 0 heterocycles. The lowest BCUT2D eigenvalue weighted by atomic mass is 10.2. The van der Waals surface area contributed by atoms with Crippen molar-refractivity contribution >= 4 is 35.3 Å². The van der Waals surface area contributed by atoms with E-state index in [0.29, 0.717) is 32.7 Å². The van der Waals surface area contributed by atoms with Crippen LogP contribution >= 0.6 is 23.2 Å². The molecule has 0 aliphatic heterocycles. The summed E-state index contributed by atoms with van der Waals surface area (Å²) < 4.78 is 10.2. The summed E-state index contributed by atoms with van der Waals surface area (Å²) in [6, 6.07) is 9.89. The monoisotopic (exact) mass is 352 g/mol. The Balaban J connectivity index is 2.09. The highest BCUT2D eigenvalue weighted by molar-refractivity contribution is 6.42. The van der Waals surface area contributed by atoms with Gasteiger partial charge in [0.15, 0.2) is 0 Å². The lowest BCUT2D eigenvalue weighted by Crippen LogP contribution is -2.17. The van der Waals surface area contributed by atoms with Crippen molar-refractivity contribution in [2.75, 3.05) is 14.2 Å². The largest absolute Gasteiger partial charge is 0.497 e. The Morgan fingerprint density at radius 2 is 1.70 bits per heavy atom. The summed E-state index contributed by atoms with van der Waals surface area (Å²) in [7, 11) is 3.03. The molecule has 0 saturated heterocycles. The third-order valence-electron chi connectivity index (χ3n) is 2.94. The van der Waals surface area contributed by atoms with Crippen molar-refractivity contribution in [3.05, 3.63) is 57.6 Å². The predicted molar refractivity (Wildman–Crippen MR) is 91.1 cm³/mol. The molecule has 2 rings (SSSR count). The van der Waals surface area contributed by atoms with E-state index in [-0.39, 0.29) is 0 Å². The molecule has 2 aromatic carbocycles. The van der Waals surface area contributed by atoms with Gasteiger partial charge < -0.3 is 9.47 Å². The summed E-state index contributed by atoms with van der Waals surface area (Å²) in [5, 5.41) is 4.76. The zero-order valence-electron chi connectivity index (χ0n) is 12.5. The molecule has 2 aromatic rings. The molecular formula is C16H14Cl2N2O3. The van der Waals surface area contributed by atoms with Gasteiger partial charge in [-0.1, -0.05) is 29.3 Å². The van der Waals surface area contributed by atoms with Crippen LogP contribution in [0.25, 0.3) is 0 Å². The maximum Gasteiger partial charge on any atom is 0.271 e. The molecule has 23 heavy (non-hydrogen) atoms. The Hall–Kier alpha value is -2.24. The van der Waals surface area contributed by atoms with Crippen molar-refractivity contribution in [1.82, 2.24) is 5.43 Å². The average molecular weight is 353 g/mol. The van der Waals surface area contributed by atoms with Gasteiger partial charge in [-0.05, 0) is 29.8 Å². The number of hydrogen-bond donors (Lipinski definition) is 1. The Morgan fingerprint density at radius 1 is 1.04 bits per heavy atom. The third kappa shape index (κ3) is 4.61. The van der Waals surface area contributed by atoms with Crippen LogP contribution in [0.2, 0.25) is 10.0 Å². The van der Waals surface area contributed by atoms with Crippen molar-refractivity contribution in [2.45, 2.75) is 0 Å². The fourth-order valence-corrected chi connectivity index (χ4v) is 2.07. The number of methoxy groups -OCH3 is 2. The fourth-order valence-electron chi connectivity index (χ4n) is 1.76. The molecule has 0 radical (unpaired) electrons. The molecule has 0 aliphatic carbocycles. The molecule has 7 heteroatoms. The summed E-state index contributed by atoms with van der Waals surface area (Å²) in [6.07, 6.45) is 1.47. The number of nitrogens with zero attached hydrogens (tertiary/aromatic N) is 1. The number of nitrogens with one attached hydrogen (secondary N) is 1. The van der Waals surface area contributed by atoms with Crippen LogP contribution in [-0.4, -0.2) is 26.3 Å². The Morgan fingerprint density at radius 3 is 2.26 bits per heavy atom. The lowest BCUT2D eigenvalue weighted by Gasteiger charge is -2.07. The topological polar surface area (TPSA) is 59.9 Å². The standard InChI is InChI=1S/C16H14Cl2N2O3/c1-22-12-6-11(7-13(8-12)23-2)16(21)20-19-9-10-3-4-14(17)15(18)5-10/h3-9H,1-2H3,(H,20,21)/b19-9+. The molecule has 1 N–H and O–H groups in total. The number of hydrogen-bond acceptors (Lipinski definition) is 4. The number of carbonyl (C=O) groups is 1. The minimum absolute atomic E-state index is 0.368. The number of hydrazone groups is 1. The number of carbonyl (C=O) groups excluding carboxylic acids is 1. The van der Waals surface area contributed by atoms with Gasteiger partial charge in [0.05, 0.1) is 30.5 Å². The molecule has 0 aromatic heterocycles. The molecule has 0 bridgehead atoms. The van der Waals surface area contributed by atoms with Crippen LogP contribution in [0.1, 0.15) is 15.9 Å².